The molecule has 6 nitrogen and oxygen atoms in total. The van der Waals surface area contributed by atoms with Gasteiger partial charge in [0.1, 0.15) is 5.82 Å². The molecule has 3 rings (SSSR count). The molecule has 108 valence electrons. The van der Waals surface area contributed by atoms with Crippen molar-refractivity contribution in [1.29, 1.82) is 0 Å². The molecule has 0 saturated heterocycles. The topological polar surface area (TPSA) is 69.7 Å². The number of nitrogens with zero attached hydrogens (tertiary/aromatic N) is 3. The predicted molar refractivity (Wildman–Crippen MR) is 78.8 cm³/mol. The Labute approximate surface area is 130 Å². The fraction of sp³-hybridized carbons (Fsp3) is 0.0833. The van der Waals surface area contributed by atoms with Crippen LogP contribution in [0.4, 0.5) is 10.1 Å². The first kappa shape index (κ1) is 14.0. The van der Waals surface area contributed by atoms with Crippen molar-refractivity contribution in [2.45, 2.75) is 5.33 Å². The lowest BCUT2D eigenvalue weighted by Crippen LogP contribution is -1.96. The van der Waals surface area contributed by atoms with Crippen LogP contribution in [0.2, 0.25) is 0 Å². The summed E-state index contributed by atoms with van der Waals surface area (Å²) in [4.78, 5) is 15.3. The summed E-state index contributed by atoms with van der Waals surface area (Å²) >= 11 is 4.73. The molecule has 1 aromatic carbocycles. The number of hydrogen-bond acceptors (Lipinski definition) is 5. The third-order valence-electron chi connectivity index (χ3n) is 2.78. The summed E-state index contributed by atoms with van der Waals surface area (Å²) in [5.41, 5.74) is 0.387. The predicted octanol–water partition coefficient (Wildman–Crippen LogP) is 4.13. The molecule has 3 aromatic rings. The maximum atomic E-state index is 13.3. The van der Waals surface area contributed by atoms with Gasteiger partial charge in [-0.1, -0.05) is 15.9 Å². The van der Waals surface area contributed by atoms with Crippen molar-refractivity contribution in [3.63, 3.8) is 0 Å². The van der Waals surface area contributed by atoms with E-state index in [1.165, 1.54) is 11.3 Å². The zero-order valence-electron chi connectivity index (χ0n) is 10.3. The lowest BCUT2D eigenvalue weighted by Gasteiger charge is -2.05. The van der Waals surface area contributed by atoms with Crippen molar-refractivity contribution in [3.05, 3.63) is 51.4 Å². The van der Waals surface area contributed by atoms with Gasteiger partial charge in [-0.05, 0) is 6.07 Å². The van der Waals surface area contributed by atoms with Crippen molar-refractivity contribution >= 4 is 37.9 Å². The monoisotopic (exact) mass is 371 g/mol. The molecule has 0 N–H and O–H groups in total. The zero-order valence-corrected chi connectivity index (χ0v) is 12.7. The lowest BCUT2D eigenvalue weighted by atomic mass is 10.3. The minimum absolute atomic E-state index is 0.173. The minimum atomic E-state index is -0.624. The van der Waals surface area contributed by atoms with Gasteiger partial charge in [0.05, 0.1) is 10.6 Å². The van der Waals surface area contributed by atoms with Gasteiger partial charge in [-0.15, -0.1) is 11.3 Å². The minimum Gasteiger partial charge on any atom is -0.430 e. The first-order valence-electron chi connectivity index (χ1n) is 5.72. The Morgan fingerprint density at radius 3 is 3.05 bits per heavy atom. The highest BCUT2D eigenvalue weighted by atomic mass is 79.9. The van der Waals surface area contributed by atoms with Gasteiger partial charge in [-0.2, -0.15) is 4.98 Å². The number of alkyl halides is 1. The van der Waals surface area contributed by atoms with Crippen molar-refractivity contribution in [2.24, 2.45) is 0 Å². The molecule has 0 spiro atoms. The Kier molecular flexibility index (Phi) is 3.60. The van der Waals surface area contributed by atoms with Crippen LogP contribution in [0.25, 0.3) is 4.96 Å². The van der Waals surface area contributed by atoms with Crippen LogP contribution < -0.4 is 4.74 Å². The second kappa shape index (κ2) is 5.41. The van der Waals surface area contributed by atoms with Gasteiger partial charge in [-0.25, -0.2) is 4.39 Å². The van der Waals surface area contributed by atoms with Crippen molar-refractivity contribution in [2.75, 3.05) is 0 Å². The van der Waals surface area contributed by atoms with Gasteiger partial charge >= 0.3 is 5.69 Å². The zero-order chi connectivity index (χ0) is 15.0. The fourth-order valence-electron chi connectivity index (χ4n) is 1.84. The highest BCUT2D eigenvalue weighted by Crippen LogP contribution is 2.34. The first-order valence-corrected chi connectivity index (χ1v) is 7.72. The molecule has 0 unspecified atom stereocenters. The van der Waals surface area contributed by atoms with Gasteiger partial charge in [-0.3, -0.25) is 14.5 Å². The second-order valence-electron chi connectivity index (χ2n) is 4.02. The number of nitro groups is 1. The molecule has 2 heterocycles. The highest BCUT2D eigenvalue weighted by molar-refractivity contribution is 9.08. The number of hydrogen-bond donors (Lipinski definition) is 0. The Hall–Kier alpha value is -2.00. The number of ether oxygens (including phenoxy) is 1. The van der Waals surface area contributed by atoms with Crippen LogP contribution in [0, 0.1) is 15.9 Å². The first-order chi connectivity index (χ1) is 10.1. The van der Waals surface area contributed by atoms with Crippen LogP contribution in [-0.2, 0) is 5.33 Å². The summed E-state index contributed by atoms with van der Waals surface area (Å²) in [7, 11) is 0. The number of thiazole rings is 1. The Morgan fingerprint density at radius 1 is 1.52 bits per heavy atom. The molecule has 0 fully saturated rings. The average Bonchev–Trinajstić information content (AvgIpc) is 2.98. The van der Waals surface area contributed by atoms with E-state index >= 15 is 0 Å². The summed E-state index contributed by atoms with van der Waals surface area (Å²) in [6.45, 7) is 0. The number of imidazole rings is 1. The molecular weight excluding hydrogens is 365 g/mol. The van der Waals surface area contributed by atoms with Crippen LogP contribution in [0.1, 0.15) is 5.69 Å². The molecular formula is C12H7BrFN3O3S. The molecule has 0 bridgehead atoms. The smallest absolute Gasteiger partial charge is 0.311 e. The molecule has 2 aromatic heterocycles. The normalized spacial score (nSPS) is 11.0. The van der Waals surface area contributed by atoms with Crippen LogP contribution in [0.15, 0.2) is 29.8 Å². The van der Waals surface area contributed by atoms with Crippen LogP contribution >= 0.6 is 27.3 Å². The van der Waals surface area contributed by atoms with E-state index in [1.807, 2.05) is 11.6 Å². The average molecular weight is 372 g/mol. The molecule has 0 radical (unpaired) electrons. The van der Waals surface area contributed by atoms with Crippen molar-refractivity contribution in [3.8, 4) is 11.6 Å². The number of rotatable bonds is 4. The number of aromatic nitrogens is 2. The third-order valence-corrected chi connectivity index (χ3v) is 4.06. The van der Waals surface area contributed by atoms with Gasteiger partial charge in [0, 0.05) is 29.0 Å². The van der Waals surface area contributed by atoms with E-state index in [0.29, 0.717) is 16.0 Å². The highest BCUT2D eigenvalue weighted by Gasteiger charge is 2.21. The molecule has 0 amide bonds. The van der Waals surface area contributed by atoms with Crippen LogP contribution in [0.5, 0.6) is 11.6 Å². The largest absolute Gasteiger partial charge is 0.430 e. The van der Waals surface area contributed by atoms with Crippen LogP contribution in [0.3, 0.4) is 0 Å². The molecule has 0 aliphatic carbocycles. The van der Waals surface area contributed by atoms with Crippen LogP contribution in [-0.4, -0.2) is 14.3 Å². The number of nitro benzene ring substituents is 1. The number of benzene rings is 1. The van der Waals surface area contributed by atoms with E-state index < -0.39 is 10.7 Å². The Balaban J connectivity index is 2.07. The van der Waals surface area contributed by atoms with E-state index in [4.69, 9.17) is 4.74 Å². The van der Waals surface area contributed by atoms with Crippen molar-refractivity contribution in [1.82, 2.24) is 9.38 Å². The summed E-state index contributed by atoms with van der Waals surface area (Å²) in [6, 6.07) is 3.06. The summed E-state index contributed by atoms with van der Waals surface area (Å²) in [5.74, 6) is -0.572. The van der Waals surface area contributed by atoms with E-state index in [2.05, 4.69) is 20.9 Å². The Bertz CT molecular complexity index is 832. The van der Waals surface area contributed by atoms with Gasteiger partial charge in [0.15, 0.2) is 4.96 Å². The number of halogens is 2. The van der Waals surface area contributed by atoms with E-state index in [0.717, 1.165) is 18.2 Å². The van der Waals surface area contributed by atoms with E-state index in [1.54, 1.807) is 4.40 Å². The Morgan fingerprint density at radius 2 is 2.33 bits per heavy atom. The quantitative estimate of drug-likeness (QED) is 0.392. The van der Waals surface area contributed by atoms with Gasteiger partial charge in [0.25, 0.3) is 0 Å². The fourth-order valence-corrected chi connectivity index (χ4v) is 3.08. The summed E-state index contributed by atoms with van der Waals surface area (Å²) in [5, 5.41) is 13.3. The molecule has 0 aliphatic rings. The SMILES string of the molecule is O=[N+]([O-])c1ccc(F)cc1Oc1nc2sccn2c1CBr. The van der Waals surface area contributed by atoms with Gasteiger partial charge in [0.2, 0.25) is 11.6 Å². The standard InChI is InChI=1S/C12H7BrFN3O3S/c13-6-9-11(15-12-16(9)3-4-21-12)20-10-5-7(14)1-2-8(10)17(18)19/h1-5H,6H2. The van der Waals surface area contributed by atoms with E-state index in [9.17, 15) is 14.5 Å². The molecule has 0 saturated carbocycles. The third kappa shape index (κ3) is 2.49. The number of fused-ring (bicyclic) bond motifs is 1. The molecule has 9 heteroatoms. The maximum absolute atomic E-state index is 13.3. The summed E-state index contributed by atoms with van der Waals surface area (Å²) in [6.07, 6.45) is 1.82. The van der Waals surface area contributed by atoms with Gasteiger partial charge < -0.3 is 4.74 Å². The second-order valence-corrected chi connectivity index (χ2v) is 5.46. The molecule has 21 heavy (non-hydrogen) atoms. The summed E-state index contributed by atoms with van der Waals surface area (Å²) < 4.78 is 20.6. The van der Waals surface area contributed by atoms with E-state index in [-0.39, 0.29) is 17.3 Å². The molecule has 0 aliphatic heterocycles. The maximum Gasteiger partial charge on any atom is 0.311 e. The van der Waals surface area contributed by atoms with Crippen molar-refractivity contribution < 1.29 is 14.1 Å². The molecule has 0 atom stereocenters. The lowest BCUT2D eigenvalue weighted by molar-refractivity contribution is -0.385.